The first kappa shape index (κ1) is 21.3. The molecule has 1 amide bonds. The summed E-state index contributed by atoms with van der Waals surface area (Å²) in [6, 6.07) is 12.7. The first-order valence-corrected chi connectivity index (χ1v) is 10.3. The number of carbonyl (C=O) groups is 2. The fraction of sp³-hybridized carbons (Fsp3) is 0.143. The molecule has 0 unspecified atom stereocenters. The second-order valence-electron chi connectivity index (χ2n) is 6.47. The van der Waals surface area contributed by atoms with Gasteiger partial charge in [0, 0.05) is 25.4 Å². The van der Waals surface area contributed by atoms with Crippen molar-refractivity contribution < 1.29 is 27.9 Å². The Morgan fingerprint density at radius 3 is 2.63 bits per heavy atom. The molecule has 1 aliphatic rings. The molecule has 0 fully saturated rings. The molecule has 1 heterocycles. The van der Waals surface area contributed by atoms with E-state index >= 15 is 0 Å². The molecular formula is C21H20N2O6S. The Labute approximate surface area is 174 Å². The Hall–Kier alpha value is -3.43. The molecule has 0 aliphatic carbocycles. The fourth-order valence-electron chi connectivity index (χ4n) is 3.00. The second kappa shape index (κ2) is 8.52. The fourth-order valence-corrected chi connectivity index (χ4v) is 4.41. The van der Waals surface area contributed by atoms with Crippen molar-refractivity contribution in [3.05, 3.63) is 71.4 Å². The summed E-state index contributed by atoms with van der Waals surface area (Å²) in [5.41, 5.74) is 0.852. The zero-order valence-electron chi connectivity index (χ0n) is 16.3. The van der Waals surface area contributed by atoms with Crippen LogP contribution in [0.1, 0.15) is 11.1 Å². The molecule has 0 saturated heterocycles. The van der Waals surface area contributed by atoms with E-state index in [4.69, 9.17) is 4.74 Å². The van der Waals surface area contributed by atoms with E-state index in [0.29, 0.717) is 11.3 Å². The smallest absolute Gasteiger partial charge is 0.265 e. The number of benzene rings is 2. The van der Waals surface area contributed by atoms with Crippen molar-refractivity contribution in [2.45, 2.75) is 4.90 Å². The third-order valence-corrected chi connectivity index (χ3v) is 6.24. The van der Waals surface area contributed by atoms with E-state index in [1.807, 2.05) is 0 Å². The van der Waals surface area contributed by atoms with Crippen molar-refractivity contribution in [1.29, 1.82) is 0 Å². The number of ether oxygens (including phenoxy) is 1. The van der Waals surface area contributed by atoms with E-state index in [9.17, 15) is 23.1 Å². The lowest BCUT2D eigenvalue weighted by atomic mass is 10.1. The number of sulfonamides is 1. The minimum Gasteiger partial charge on any atom is -0.505 e. The van der Waals surface area contributed by atoms with Crippen molar-refractivity contribution in [2.75, 3.05) is 26.1 Å². The average molecular weight is 428 g/mol. The number of aliphatic hydroxyl groups is 1. The van der Waals surface area contributed by atoms with Crippen molar-refractivity contribution in [1.82, 2.24) is 4.31 Å². The molecule has 0 aromatic heterocycles. The molecule has 0 saturated carbocycles. The summed E-state index contributed by atoms with van der Waals surface area (Å²) in [5, 5.41) is 13.2. The third kappa shape index (κ3) is 4.12. The van der Waals surface area contributed by atoms with Crippen LogP contribution in [0, 0.1) is 0 Å². The van der Waals surface area contributed by atoms with E-state index in [-0.39, 0.29) is 28.7 Å². The van der Waals surface area contributed by atoms with E-state index in [1.165, 1.54) is 38.4 Å². The molecule has 2 N–H and O–H groups in total. The number of carbonyl (C=O) groups excluding carboxylic acids is 2. The van der Waals surface area contributed by atoms with Gasteiger partial charge in [-0.15, -0.1) is 0 Å². The predicted octanol–water partition coefficient (Wildman–Crippen LogP) is 2.41. The summed E-state index contributed by atoms with van der Waals surface area (Å²) >= 11 is 0. The number of ketones is 1. The van der Waals surface area contributed by atoms with Gasteiger partial charge >= 0.3 is 0 Å². The van der Waals surface area contributed by atoms with Crippen LogP contribution in [-0.2, 0) is 24.3 Å². The summed E-state index contributed by atoms with van der Waals surface area (Å²) in [6.45, 7) is -0.0890. The highest BCUT2D eigenvalue weighted by atomic mass is 32.2. The zero-order chi connectivity index (χ0) is 21.9. The zero-order valence-corrected chi connectivity index (χ0v) is 17.1. The summed E-state index contributed by atoms with van der Waals surface area (Å²) in [7, 11) is -1.33. The Bertz CT molecular complexity index is 1170. The number of nitrogens with one attached hydrogen (secondary N) is 1. The van der Waals surface area contributed by atoms with Gasteiger partial charge in [-0.25, -0.2) is 8.42 Å². The molecular weight excluding hydrogens is 408 g/mol. The lowest BCUT2D eigenvalue weighted by molar-refractivity contribution is -0.119. The van der Waals surface area contributed by atoms with Gasteiger partial charge in [0.15, 0.2) is 5.76 Å². The Morgan fingerprint density at radius 1 is 1.17 bits per heavy atom. The molecule has 0 spiro atoms. The topological polar surface area (TPSA) is 113 Å². The second-order valence-corrected chi connectivity index (χ2v) is 8.41. The van der Waals surface area contributed by atoms with Gasteiger partial charge in [-0.05, 0) is 35.9 Å². The number of fused-ring (bicyclic) bond motifs is 1. The Kier molecular flexibility index (Phi) is 6.04. The van der Waals surface area contributed by atoms with Gasteiger partial charge < -0.3 is 15.2 Å². The van der Waals surface area contributed by atoms with Gasteiger partial charge in [-0.2, -0.15) is 0 Å². The highest BCUT2D eigenvalue weighted by molar-refractivity contribution is 7.89. The lowest BCUT2D eigenvalue weighted by Gasteiger charge is -2.27. The van der Waals surface area contributed by atoms with E-state index in [0.717, 1.165) is 4.31 Å². The van der Waals surface area contributed by atoms with Crippen molar-refractivity contribution in [3.8, 4) is 0 Å². The number of nitrogens with zero attached hydrogens (tertiary/aromatic N) is 1. The van der Waals surface area contributed by atoms with Crippen LogP contribution < -0.4 is 5.32 Å². The standard InChI is InChI=1S/C21H20N2O6S/c1-23-20(21(26)16-8-3-4-9-18(16)30(23,27)28)17(24)11-10-14-6-5-7-15(12-14)22-19(25)13-29-2/h3-12,26H,13H2,1-2H3,(H,22,25). The molecule has 1 aliphatic heterocycles. The molecule has 2 aromatic rings. The van der Waals surface area contributed by atoms with E-state index < -0.39 is 21.6 Å². The number of hydrogen-bond donors (Lipinski definition) is 2. The maximum Gasteiger partial charge on any atom is 0.265 e. The SMILES string of the molecule is COCC(=O)Nc1cccc(C=CC(=O)C2=C(O)c3ccccc3S(=O)(=O)N2C)c1. The number of methoxy groups -OCH3 is 1. The van der Waals surface area contributed by atoms with Gasteiger partial charge in [-0.3, -0.25) is 13.9 Å². The molecule has 8 nitrogen and oxygen atoms in total. The molecule has 3 rings (SSSR count). The maximum atomic E-state index is 12.7. The number of likely N-dealkylation sites (N-methyl/N-ethyl adjacent to an activating group) is 1. The molecule has 0 atom stereocenters. The number of anilines is 1. The Balaban J connectivity index is 1.89. The molecule has 0 bridgehead atoms. The molecule has 9 heteroatoms. The van der Waals surface area contributed by atoms with Gasteiger partial charge in [0.05, 0.1) is 4.90 Å². The predicted molar refractivity (Wildman–Crippen MR) is 112 cm³/mol. The van der Waals surface area contributed by atoms with Gasteiger partial charge in [0.2, 0.25) is 11.7 Å². The Morgan fingerprint density at radius 2 is 1.90 bits per heavy atom. The van der Waals surface area contributed by atoms with Crippen molar-refractivity contribution >= 4 is 39.2 Å². The van der Waals surface area contributed by atoms with Gasteiger partial charge in [-0.1, -0.05) is 30.3 Å². The normalized spacial score (nSPS) is 15.2. The number of rotatable bonds is 6. The van der Waals surface area contributed by atoms with Crippen LogP contribution in [0.25, 0.3) is 11.8 Å². The number of allylic oxidation sites excluding steroid dienone is 1. The summed E-state index contributed by atoms with van der Waals surface area (Å²) in [6.07, 6.45) is 2.64. The molecule has 0 radical (unpaired) electrons. The van der Waals surface area contributed by atoms with Crippen LogP contribution in [0.4, 0.5) is 5.69 Å². The van der Waals surface area contributed by atoms with Crippen LogP contribution in [0.5, 0.6) is 0 Å². The number of amides is 1. The van der Waals surface area contributed by atoms with Crippen LogP contribution >= 0.6 is 0 Å². The summed E-state index contributed by atoms with van der Waals surface area (Å²) < 4.78 is 30.9. The van der Waals surface area contributed by atoms with Crippen LogP contribution in [-0.4, -0.2) is 50.3 Å². The number of hydrogen-bond acceptors (Lipinski definition) is 6. The van der Waals surface area contributed by atoms with Crippen LogP contribution in [0.3, 0.4) is 0 Å². The van der Waals surface area contributed by atoms with Gasteiger partial charge in [0.25, 0.3) is 10.0 Å². The quantitative estimate of drug-likeness (QED) is 0.683. The van der Waals surface area contributed by atoms with E-state index in [2.05, 4.69) is 5.32 Å². The molecule has 30 heavy (non-hydrogen) atoms. The van der Waals surface area contributed by atoms with Crippen LogP contribution in [0.2, 0.25) is 0 Å². The van der Waals surface area contributed by atoms with E-state index in [1.54, 1.807) is 36.4 Å². The maximum absolute atomic E-state index is 12.7. The summed E-state index contributed by atoms with van der Waals surface area (Å²) in [5.74, 6) is -1.41. The minimum absolute atomic E-state index is 0.0648. The van der Waals surface area contributed by atoms with Crippen molar-refractivity contribution in [3.63, 3.8) is 0 Å². The average Bonchev–Trinajstić information content (AvgIpc) is 2.72. The number of aliphatic hydroxyl groups excluding tert-OH is 1. The highest BCUT2D eigenvalue weighted by Crippen LogP contribution is 2.34. The first-order chi connectivity index (χ1) is 14.3. The highest BCUT2D eigenvalue weighted by Gasteiger charge is 2.36. The lowest BCUT2D eigenvalue weighted by Crippen LogP contribution is -2.34. The summed E-state index contributed by atoms with van der Waals surface area (Å²) in [4.78, 5) is 24.3. The molecule has 156 valence electrons. The minimum atomic E-state index is -3.96. The van der Waals surface area contributed by atoms with Gasteiger partial charge in [0.1, 0.15) is 12.3 Å². The first-order valence-electron chi connectivity index (χ1n) is 8.88. The van der Waals surface area contributed by atoms with Crippen LogP contribution in [0.15, 0.2) is 65.2 Å². The third-order valence-electron chi connectivity index (χ3n) is 4.43. The molecule has 2 aromatic carbocycles. The monoisotopic (exact) mass is 428 g/mol. The largest absolute Gasteiger partial charge is 0.505 e. The van der Waals surface area contributed by atoms with Crippen molar-refractivity contribution in [2.24, 2.45) is 0 Å².